The Hall–Kier alpha value is -1.62. The van der Waals surface area contributed by atoms with Crippen LogP contribution in [-0.4, -0.2) is 22.1 Å². The number of carbonyl (C=O) groups is 1. The molecule has 0 aromatic carbocycles. The van der Waals surface area contributed by atoms with E-state index in [-0.39, 0.29) is 6.42 Å². The van der Waals surface area contributed by atoms with Crippen LogP contribution < -0.4 is 11.5 Å². The number of hydrogen-bond acceptors (Lipinski definition) is 4. The van der Waals surface area contributed by atoms with Crippen LogP contribution in [0.2, 0.25) is 0 Å². The fraction of sp³-hybridized carbons (Fsp3) is 0.250. The summed E-state index contributed by atoms with van der Waals surface area (Å²) in [7, 11) is 0. The molecule has 0 radical (unpaired) electrons. The van der Waals surface area contributed by atoms with Gasteiger partial charge in [-0.3, -0.25) is 9.78 Å². The van der Waals surface area contributed by atoms with Gasteiger partial charge in [0, 0.05) is 12.1 Å². The first-order chi connectivity index (χ1) is 6.09. The van der Waals surface area contributed by atoms with Gasteiger partial charge in [0.05, 0.1) is 11.9 Å². The number of rotatable bonds is 3. The molecule has 0 spiro atoms. The second kappa shape index (κ2) is 3.86. The first kappa shape index (κ1) is 9.47. The molecule has 70 valence electrons. The lowest BCUT2D eigenvalue weighted by Gasteiger charge is -2.04. The van der Waals surface area contributed by atoms with E-state index in [1.54, 1.807) is 12.1 Å². The van der Waals surface area contributed by atoms with E-state index >= 15 is 0 Å². The van der Waals surface area contributed by atoms with E-state index in [0.29, 0.717) is 11.4 Å². The number of carboxylic acids is 1. The molecule has 5 N–H and O–H groups in total. The highest BCUT2D eigenvalue weighted by Crippen LogP contribution is 2.02. The van der Waals surface area contributed by atoms with E-state index in [0.717, 1.165) is 0 Å². The summed E-state index contributed by atoms with van der Waals surface area (Å²) >= 11 is 0. The zero-order valence-corrected chi connectivity index (χ0v) is 6.97. The van der Waals surface area contributed by atoms with Crippen molar-refractivity contribution in [1.29, 1.82) is 0 Å². The molecule has 1 heterocycles. The summed E-state index contributed by atoms with van der Waals surface area (Å²) in [6, 6.07) is 2.42. The van der Waals surface area contributed by atoms with Gasteiger partial charge in [-0.1, -0.05) is 0 Å². The Kier molecular flexibility index (Phi) is 2.81. The smallest absolute Gasteiger partial charge is 0.320 e. The Morgan fingerprint density at radius 1 is 1.62 bits per heavy atom. The minimum atomic E-state index is -1.03. The van der Waals surface area contributed by atoms with Crippen molar-refractivity contribution < 1.29 is 9.90 Å². The number of nitrogens with zero attached hydrogens (tertiary/aromatic N) is 1. The van der Waals surface area contributed by atoms with Crippen molar-refractivity contribution in [1.82, 2.24) is 4.98 Å². The van der Waals surface area contributed by atoms with Crippen molar-refractivity contribution in [2.45, 2.75) is 12.5 Å². The standard InChI is InChI=1S/C8H11N3O2/c9-5-1-2-6(11-4-5)3-7(10)8(12)13/h1-2,4,7H,3,9-10H2,(H,12,13). The molecule has 0 fully saturated rings. The molecule has 0 aliphatic carbocycles. The quantitative estimate of drug-likeness (QED) is 0.589. The van der Waals surface area contributed by atoms with Crippen LogP contribution in [-0.2, 0) is 11.2 Å². The average molecular weight is 181 g/mol. The maximum atomic E-state index is 10.4. The number of nitrogen functional groups attached to an aromatic ring is 1. The van der Waals surface area contributed by atoms with Crippen LogP contribution in [0.1, 0.15) is 5.69 Å². The number of aliphatic carboxylic acids is 1. The summed E-state index contributed by atoms with van der Waals surface area (Å²) in [5.41, 5.74) is 11.9. The van der Waals surface area contributed by atoms with Gasteiger partial charge in [0.2, 0.25) is 0 Å². The zero-order valence-electron chi connectivity index (χ0n) is 6.97. The Balaban J connectivity index is 2.64. The van der Waals surface area contributed by atoms with Crippen molar-refractivity contribution in [2.24, 2.45) is 5.73 Å². The molecule has 5 heteroatoms. The van der Waals surface area contributed by atoms with E-state index in [2.05, 4.69) is 4.98 Å². The lowest BCUT2D eigenvalue weighted by molar-refractivity contribution is -0.138. The molecule has 1 aromatic heterocycles. The summed E-state index contributed by atoms with van der Waals surface area (Å²) in [6.07, 6.45) is 1.69. The highest BCUT2D eigenvalue weighted by atomic mass is 16.4. The molecular formula is C8H11N3O2. The average Bonchev–Trinajstić information content (AvgIpc) is 2.08. The van der Waals surface area contributed by atoms with Crippen LogP contribution in [0.4, 0.5) is 5.69 Å². The predicted molar refractivity (Wildman–Crippen MR) is 48.0 cm³/mol. The third kappa shape index (κ3) is 2.72. The monoisotopic (exact) mass is 181 g/mol. The number of pyridine rings is 1. The Morgan fingerprint density at radius 2 is 2.31 bits per heavy atom. The van der Waals surface area contributed by atoms with Crippen molar-refractivity contribution in [3.63, 3.8) is 0 Å². The summed E-state index contributed by atoms with van der Waals surface area (Å²) in [4.78, 5) is 14.3. The maximum Gasteiger partial charge on any atom is 0.320 e. The predicted octanol–water partition coefficient (Wildman–Crippen LogP) is -0.382. The van der Waals surface area contributed by atoms with E-state index in [1.807, 2.05) is 0 Å². The highest BCUT2D eigenvalue weighted by molar-refractivity contribution is 5.73. The molecule has 5 nitrogen and oxygen atoms in total. The molecule has 0 saturated carbocycles. The van der Waals surface area contributed by atoms with Crippen LogP contribution in [0.15, 0.2) is 18.3 Å². The number of carboxylic acid groups (broad SMARTS) is 1. The van der Waals surface area contributed by atoms with Gasteiger partial charge in [0.25, 0.3) is 0 Å². The molecule has 0 amide bonds. The van der Waals surface area contributed by atoms with Crippen LogP contribution >= 0.6 is 0 Å². The molecule has 1 unspecified atom stereocenters. The molecule has 13 heavy (non-hydrogen) atoms. The summed E-state index contributed by atoms with van der Waals surface area (Å²) in [5.74, 6) is -1.03. The van der Waals surface area contributed by atoms with Crippen LogP contribution in [0.25, 0.3) is 0 Å². The number of aromatic nitrogens is 1. The van der Waals surface area contributed by atoms with Crippen LogP contribution in [0.3, 0.4) is 0 Å². The zero-order chi connectivity index (χ0) is 9.84. The maximum absolute atomic E-state index is 10.4. The van der Waals surface area contributed by atoms with Gasteiger partial charge in [-0.05, 0) is 12.1 Å². The van der Waals surface area contributed by atoms with Gasteiger partial charge < -0.3 is 16.6 Å². The third-order valence-electron chi connectivity index (χ3n) is 1.59. The van der Waals surface area contributed by atoms with Gasteiger partial charge in [0.15, 0.2) is 0 Å². The molecule has 0 aliphatic heterocycles. The summed E-state index contributed by atoms with van der Waals surface area (Å²) < 4.78 is 0. The van der Waals surface area contributed by atoms with E-state index < -0.39 is 12.0 Å². The van der Waals surface area contributed by atoms with Gasteiger partial charge >= 0.3 is 5.97 Å². The lowest BCUT2D eigenvalue weighted by Crippen LogP contribution is -2.32. The highest BCUT2D eigenvalue weighted by Gasteiger charge is 2.12. The second-order valence-electron chi connectivity index (χ2n) is 2.73. The molecule has 1 atom stereocenters. The minimum absolute atomic E-state index is 0.218. The molecule has 0 bridgehead atoms. The van der Waals surface area contributed by atoms with E-state index in [1.165, 1.54) is 6.20 Å². The van der Waals surface area contributed by atoms with Gasteiger partial charge in [0.1, 0.15) is 6.04 Å². The largest absolute Gasteiger partial charge is 0.480 e. The number of nitrogens with two attached hydrogens (primary N) is 2. The number of hydrogen-bond donors (Lipinski definition) is 3. The van der Waals surface area contributed by atoms with Crippen molar-refractivity contribution in [3.05, 3.63) is 24.0 Å². The van der Waals surface area contributed by atoms with Gasteiger partial charge in [-0.25, -0.2) is 0 Å². The Bertz CT molecular complexity index is 297. The molecule has 1 aromatic rings. The first-order valence-corrected chi connectivity index (χ1v) is 3.78. The number of anilines is 1. The van der Waals surface area contributed by atoms with Gasteiger partial charge in [-0.2, -0.15) is 0 Å². The normalized spacial score (nSPS) is 12.4. The van der Waals surface area contributed by atoms with Crippen LogP contribution in [0.5, 0.6) is 0 Å². The van der Waals surface area contributed by atoms with Crippen LogP contribution in [0, 0.1) is 0 Å². The Labute approximate surface area is 75.4 Å². The first-order valence-electron chi connectivity index (χ1n) is 3.78. The van der Waals surface area contributed by atoms with Crippen molar-refractivity contribution in [2.75, 3.05) is 5.73 Å². The molecule has 0 saturated heterocycles. The van der Waals surface area contributed by atoms with Crippen molar-refractivity contribution >= 4 is 11.7 Å². The summed E-state index contributed by atoms with van der Waals surface area (Å²) in [5, 5.41) is 8.52. The fourth-order valence-corrected chi connectivity index (χ4v) is 0.869. The SMILES string of the molecule is Nc1ccc(CC(N)C(=O)O)nc1. The lowest BCUT2D eigenvalue weighted by atomic mass is 10.1. The van der Waals surface area contributed by atoms with E-state index in [9.17, 15) is 4.79 Å². The second-order valence-corrected chi connectivity index (χ2v) is 2.73. The molecule has 0 aliphatic rings. The molecule has 1 rings (SSSR count). The van der Waals surface area contributed by atoms with Gasteiger partial charge in [-0.15, -0.1) is 0 Å². The van der Waals surface area contributed by atoms with E-state index in [4.69, 9.17) is 16.6 Å². The van der Waals surface area contributed by atoms with Crippen molar-refractivity contribution in [3.8, 4) is 0 Å². The minimum Gasteiger partial charge on any atom is -0.480 e. The topological polar surface area (TPSA) is 102 Å². The summed E-state index contributed by atoms with van der Waals surface area (Å²) in [6.45, 7) is 0. The fourth-order valence-electron chi connectivity index (χ4n) is 0.869. The molecular weight excluding hydrogens is 170 g/mol. The Morgan fingerprint density at radius 3 is 2.77 bits per heavy atom. The third-order valence-corrected chi connectivity index (χ3v) is 1.59.